The molecule has 0 aliphatic carbocycles. The topological polar surface area (TPSA) is 57.2 Å². The number of fused-ring (bicyclic) bond motifs is 1. The first kappa shape index (κ1) is 13.5. The Morgan fingerprint density at radius 3 is 2.68 bits per heavy atom. The zero-order valence-corrected chi connectivity index (χ0v) is 11.4. The molecule has 0 fully saturated rings. The molecule has 0 saturated carbocycles. The van der Waals surface area contributed by atoms with Gasteiger partial charge in [0.25, 0.3) is 0 Å². The average Bonchev–Trinajstić information content (AvgIpc) is 2.79. The van der Waals surface area contributed by atoms with Gasteiger partial charge >= 0.3 is 12.1 Å². The summed E-state index contributed by atoms with van der Waals surface area (Å²) < 4.78 is 21.8. The maximum atomic E-state index is 11.6. The monoisotopic (exact) mass is 267 g/mol. The minimum atomic E-state index is -1.15. The van der Waals surface area contributed by atoms with Crippen molar-refractivity contribution in [2.45, 2.75) is 19.3 Å². The molecule has 1 unspecified atom stereocenters. The van der Waals surface area contributed by atoms with Crippen molar-refractivity contribution in [3.05, 3.63) is 18.2 Å². The standard InChI is InChI=1S/C13H17NO5/c1-5-13(16-4)18-10-8-6-7-9(11(10)19-13)17-12(15)14(2)3/h6-8H,5H2,1-4H3. The molecule has 0 aromatic heterocycles. The van der Waals surface area contributed by atoms with Crippen LogP contribution in [0.4, 0.5) is 4.79 Å². The molecule has 1 heterocycles. The van der Waals surface area contributed by atoms with E-state index < -0.39 is 12.1 Å². The third-order valence-corrected chi connectivity index (χ3v) is 2.77. The minimum absolute atomic E-state index is 0.309. The number of ether oxygens (including phenoxy) is 4. The molecule has 1 aromatic carbocycles. The summed E-state index contributed by atoms with van der Waals surface area (Å²) >= 11 is 0. The Morgan fingerprint density at radius 2 is 2.11 bits per heavy atom. The SMILES string of the molecule is CCC1(OC)Oc2cccc(OC(=O)N(C)C)c2O1. The molecule has 2 rings (SSSR count). The number of rotatable bonds is 3. The van der Waals surface area contributed by atoms with Gasteiger partial charge in [-0.15, -0.1) is 0 Å². The molecule has 1 amide bonds. The van der Waals surface area contributed by atoms with E-state index in [-0.39, 0.29) is 0 Å². The highest BCUT2D eigenvalue weighted by atomic mass is 16.9. The van der Waals surface area contributed by atoms with Gasteiger partial charge in [-0.25, -0.2) is 4.79 Å². The van der Waals surface area contributed by atoms with Gasteiger partial charge in [0.05, 0.1) is 6.42 Å². The van der Waals surface area contributed by atoms with Gasteiger partial charge in [0.15, 0.2) is 11.5 Å². The van der Waals surface area contributed by atoms with Crippen LogP contribution in [-0.2, 0) is 4.74 Å². The largest absolute Gasteiger partial charge is 0.426 e. The van der Waals surface area contributed by atoms with Crippen LogP contribution in [0.1, 0.15) is 13.3 Å². The summed E-state index contributed by atoms with van der Waals surface area (Å²) in [5.74, 6) is 0.0286. The third-order valence-electron chi connectivity index (χ3n) is 2.77. The molecular formula is C13H17NO5. The summed E-state index contributed by atoms with van der Waals surface area (Å²) in [4.78, 5) is 12.9. The van der Waals surface area contributed by atoms with Gasteiger partial charge < -0.3 is 23.8 Å². The maximum Gasteiger partial charge on any atom is 0.414 e. The zero-order valence-electron chi connectivity index (χ0n) is 11.4. The fraction of sp³-hybridized carbons (Fsp3) is 0.462. The maximum absolute atomic E-state index is 11.6. The Hall–Kier alpha value is -1.95. The summed E-state index contributed by atoms with van der Waals surface area (Å²) in [6.45, 7) is 1.88. The molecule has 6 heteroatoms. The fourth-order valence-electron chi connectivity index (χ4n) is 1.66. The van der Waals surface area contributed by atoms with Crippen LogP contribution < -0.4 is 14.2 Å². The lowest BCUT2D eigenvalue weighted by atomic mass is 10.3. The lowest BCUT2D eigenvalue weighted by Crippen LogP contribution is -2.39. The van der Waals surface area contributed by atoms with Crippen LogP contribution in [0.3, 0.4) is 0 Å². The van der Waals surface area contributed by atoms with Crippen molar-refractivity contribution < 1.29 is 23.7 Å². The van der Waals surface area contributed by atoms with Crippen LogP contribution in [0, 0.1) is 0 Å². The second kappa shape index (κ2) is 4.97. The lowest BCUT2D eigenvalue weighted by Gasteiger charge is -2.23. The first-order chi connectivity index (χ1) is 9.01. The molecule has 1 atom stereocenters. The lowest BCUT2D eigenvalue weighted by molar-refractivity contribution is -0.269. The van der Waals surface area contributed by atoms with Crippen LogP contribution in [0.5, 0.6) is 17.2 Å². The molecule has 1 aromatic rings. The van der Waals surface area contributed by atoms with E-state index in [1.54, 1.807) is 32.3 Å². The van der Waals surface area contributed by atoms with E-state index >= 15 is 0 Å². The average molecular weight is 267 g/mol. The van der Waals surface area contributed by atoms with Crippen molar-refractivity contribution in [1.82, 2.24) is 4.90 Å². The second-order valence-corrected chi connectivity index (χ2v) is 4.29. The molecule has 0 bridgehead atoms. The van der Waals surface area contributed by atoms with E-state index in [2.05, 4.69) is 0 Å². The number of hydrogen-bond donors (Lipinski definition) is 0. The Kier molecular flexibility index (Phi) is 3.53. The molecule has 0 N–H and O–H groups in total. The van der Waals surface area contributed by atoms with Gasteiger partial charge in [-0.05, 0) is 12.1 Å². The highest BCUT2D eigenvalue weighted by Gasteiger charge is 2.42. The van der Waals surface area contributed by atoms with Crippen molar-refractivity contribution in [3.63, 3.8) is 0 Å². The first-order valence-corrected chi connectivity index (χ1v) is 5.96. The van der Waals surface area contributed by atoms with Gasteiger partial charge in [-0.1, -0.05) is 13.0 Å². The summed E-state index contributed by atoms with van der Waals surface area (Å²) in [5, 5.41) is 0. The smallest absolute Gasteiger partial charge is 0.414 e. The molecule has 1 aliphatic heterocycles. The zero-order chi connectivity index (χ0) is 14.0. The highest BCUT2D eigenvalue weighted by Crippen LogP contribution is 2.47. The normalized spacial score (nSPS) is 20.2. The van der Waals surface area contributed by atoms with Gasteiger partial charge in [-0.3, -0.25) is 0 Å². The third kappa shape index (κ3) is 2.44. The number of hydrogen-bond acceptors (Lipinski definition) is 5. The number of carbonyl (C=O) groups is 1. The molecule has 1 aliphatic rings. The number of methoxy groups -OCH3 is 1. The van der Waals surface area contributed by atoms with Gasteiger partial charge in [-0.2, -0.15) is 0 Å². The van der Waals surface area contributed by atoms with E-state index in [0.717, 1.165) is 0 Å². The summed E-state index contributed by atoms with van der Waals surface area (Å²) in [7, 11) is 4.71. The van der Waals surface area contributed by atoms with E-state index in [9.17, 15) is 4.79 Å². The molecule has 19 heavy (non-hydrogen) atoms. The van der Waals surface area contributed by atoms with Crippen molar-refractivity contribution in [1.29, 1.82) is 0 Å². The number of nitrogens with zero attached hydrogens (tertiary/aromatic N) is 1. The van der Waals surface area contributed by atoms with Crippen molar-refractivity contribution in [2.24, 2.45) is 0 Å². The quantitative estimate of drug-likeness (QED) is 0.840. The van der Waals surface area contributed by atoms with Gasteiger partial charge in [0.1, 0.15) is 0 Å². The van der Waals surface area contributed by atoms with E-state index in [1.807, 2.05) is 6.92 Å². The molecule has 0 spiro atoms. The van der Waals surface area contributed by atoms with Crippen molar-refractivity contribution >= 4 is 6.09 Å². The number of para-hydroxylation sites is 1. The Labute approximate surface area is 111 Å². The van der Waals surface area contributed by atoms with Crippen LogP contribution >= 0.6 is 0 Å². The molecule has 0 radical (unpaired) electrons. The fourth-order valence-corrected chi connectivity index (χ4v) is 1.66. The summed E-state index contributed by atoms with van der Waals surface area (Å²) in [6, 6.07) is 5.10. The Morgan fingerprint density at radius 1 is 1.37 bits per heavy atom. The summed E-state index contributed by atoms with van der Waals surface area (Å²) in [6.07, 6.45) is 0.0163. The minimum Gasteiger partial charge on any atom is -0.426 e. The Bertz CT molecular complexity index is 482. The summed E-state index contributed by atoms with van der Waals surface area (Å²) in [5.41, 5.74) is 0. The van der Waals surface area contributed by atoms with E-state index in [0.29, 0.717) is 23.7 Å². The highest BCUT2D eigenvalue weighted by molar-refractivity contribution is 5.72. The predicted octanol–water partition coefficient (Wildman–Crippen LogP) is 2.23. The van der Waals surface area contributed by atoms with Crippen molar-refractivity contribution in [3.8, 4) is 17.2 Å². The number of amides is 1. The van der Waals surface area contributed by atoms with Crippen LogP contribution in [0.2, 0.25) is 0 Å². The predicted molar refractivity (Wildman–Crippen MR) is 67.4 cm³/mol. The van der Waals surface area contributed by atoms with Crippen molar-refractivity contribution in [2.75, 3.05) is 21.2 Å². The second-order valence-electron chi connectivity index (χ2n) is 4.29. The molecule has 6 nitrogen and oxygen atoms in total. The first-order valence-electron chi connectivity index (χ1n) is 5.96. The molecule has 104 valence electrons. The van der Waals surface area contributed by atoms with Crippen LogP contribution in [0.25, 0.3) is 0 Å². The Balaban J connectivity index is 2.28. The van der Waals surface area contributed by atoms with Crippen LogP contribution in [-0.4, -0.2) is 38.2 Å². The molecule has 0 saturated heterocycles. The van der Waals surface area contributed by atoms with Crippen LogP contribution in [0.15, 0.2) is 18.2 Å². The number of benzene rings is 1. The van der Waals surface area contributed by atoms with Gasteiger partial charge in [0, 0.05) is 21.2 Å². The molecular weight excluding hydrogens is 250 g/mol. The number of carbonyl (C=O) groups excluding carboxylic acids is 1. The van der Waals surface area contributed by atoms with E-state index in [4.69, 9.17) is 18.9 Å². The van der Waals surface area contributed by atoms with E-state index in [1.165, 1.54) is 12.0 Å². The van der Waals surface area contributed by atoms with Gasteiger partial charge in [0.2, 0.25) is 5.75 Å².